The van der Waals surface area contributed by atoms with Crippen molar-refractivity contribution in [2.24, 2.45) is 0 Å². The van der Waals surface area contributed by atoms with Gasteiger partial charge >= 0.3 is 0 Å². The Morgan fingerprint density at radius 1 is 1.33 bits per heavy atom. The fraction of sp³-hybridized carbons (Fsp3) is 0.357. The molecule has 0 radical (unpaired) electrons. The molecule has 0 atom stereocenters. The van der Waals surface area contributed by atoms with Gasteiger partial charge in [0.25, 0.3) is 0 Å². The van der Waals surface area contributed by atoms with Crippen LogP contribution in [0.25, 0.3) is 11.3 Å². The van der Waals surface area contributed by atoms with E-state index in [1.54, 1.807) is 6.20 Å². The Hall–Kier alpha value is -1.13. The zero-order valence-electron chi connectivity index (χ0n) is 10.8. The Balaban J connectivity index is 2.18. The summed E-state index contributed by atoms with van der Waals surface area (Å²) in [6, 6.07) is 6.62. The van der Waals surface area contributed by atoms with Crippen LogP contribution >= 0.6 is 15.9 Å². The Bertz CT molecular complexity index is 514. The topological polar surface area (TPSA) is 38.1 Å². The molecule has 0 saturated carbocycles. The minimum Gasteiger partial charge on any atom is -0.439 e. The van der Waals surface area contributed by atoms with Crippen molar-refractivity contribution >= 4 is 15.9 Å². The number of rotatable bonds is 4. The molecule has 1 heterocycles. The van der Waals surface area contributed by atoms with E-state index in [-0.39, 0.29) is 0 Å². The average Bonchev–Trinajstić information content (AvgIpc) is 2.73. The molecule has 0 aliphatic heterocycles. The summed E-state index contributed by atoms with van der Waals surface area (Å²) in [5, 5.41) is 3.28. The summed E-state index contributed by atoms with van der Waals surface area (Å²) in [6.07, 6.45) is 1.78. The van der Waals surface area contributed by atoms with E-state index in [9.17, 15) is 0 Å². The second kappa shape index (κ2) is 5.67. The first-order valence-electron chi connectivity index (χ1n) is 6.00. The second-order valence-corrected chi connectivity index (χ2v) is 5.59. The highest BCUT2D eigenvalue weighted by Crippen LogP contribution is 2.25. The van der Waals surface area contributed by atoms with Crippen LogP contribution in [0.2, 0.25) is 0 Å². The van der Waals surface area contributed by atoms with Gasteiger partial charge in [-0.1, -0.05) is 29.8 Å². The maximum atomic E-state index is 5.74. The van der Waals surface area contributed by atoms with Gasteiger partial charge in [0.15, 0.2) is 5.76 Å². The number of aryl methyl sites for hydroxylation is 1. The lowest BCUT2D eigenvalue weighted by Gasteiger charge is -2.04. The largest absolute Gasteiger partial charge is 0.439 e. The van der Waals surface area contributed by atoms with E-state index in [1.165, 1.54) is 5.56 Å². The van der Waals surface area contributed by atoms with Gasteiger partial charge in [-0.25, -0.2) is 4.98 Å². The van der Waals surface area contributed by atoms with Crippen molar-refractivity contribution in [2.45, 2.75) is 33.4 Å². The van der Waals surface area contributed by atoms with Crippen LogP contribution in [-0.2, 0) is 6.54 Å². The molecular weight excluding hydrogens is 292 g/mol. The summed E-state index contributed by atoms with van der Waals surface area (Å²) in [5.41, 5.74) is 2.24. The molecule has 0 spiro atoms. The first-order chi connectivity index (χ1) is 8.54. The van der Waals surface area contributed by atoms with Crippen LogP contribution < -0.4 is 5.32 Å². The third kappa shape index (κ3) is 3.43. The molecule has 96 valence electrons. The predicted octanol–water partition coefficient (Wildman–Crippen LogP) is 3.91. The molecule has 0 bridgehead atoms. The smallest absolute Gasteiger partial charge is 0.208 e. The van der Waals surface area contributed by atoms with Crippen molar-refractivity contribution in [3.8, 4) is 11.3 Å². The molecule has 0 amide bonds. The standard InChI is InChI=1S/C14H17BrN2O/c1-9(2)16-8-14-17-7-13(18-14)11-4-10(3)5-12(15)6-11/h4-7,9,16H,8H2,1-3H3. The number of nitrogens with zero attached hydrogens (tertiary/aromatic N) is 1. The van der Waals surface area contributed by atoms with Crippen LogP contribution in [0.15, 0.2) is 33.3 Å². The number of oxazole rings is 1. The average molecular weight is 309 g/mol. The van der Waals surface area contributed by atoms with Crippen molar-refractivity contribution in [1.82, 2.24) is 10.3 Å². The minimum atomic E-state index is 0.425. The Morgan fingerprint density at radius 2 is 2.11 bits per heavy atom. The van der Waals surface area contributed by atoms with E-state index in [4.69, 9.17) is 4.42 Å². The number of aromatic nitrogens is 1. The van der Waals surface area contributed by atoms with Crippen LogP contribution in [0.4, 0.5) is 0 Å². The predicted molar refractivity (Wildman–Crippen MR) is 76.4 cm³/mol. The van der Waals surface area contributed by atoms with Gasteiger partial charge in [-0.15, -0.1) is 0 Å². The fourth-order valence-corrected chi connectivity index (χ4v) is 2.30. The normalized spacial score (nSPS) is 11.2. The molecule has 18 heavy (non-hydrogen) atoms. The van der Waals surface area contributed by atoms with E-state index in [0.29, 0.717) is 12.6 Å². The molecule has 3 nitrogen and oxygen atoms in total. The molecular formula is C14H17BrN2O. The maximum absolute atomic E-state index is 5.74. The van der Waals surface area contributed by atoms with Gasteiger partial charge in [-0.05, 0) is 30.7 Å². The number of nitrogens with one attached hydrogen (secondary N) is 1. The van der Waals surface area contributed by atoms with Gasteiger partial charge in [0.1, 0.15) is 0 Å². The first kappa shape index (κ1) is 13.3. The zero-order valence-corrected chi connectivity index (χ0v) is 12.4. The van der Waals surface area contributed by atoms with Gasteiger partial charge in [-0.3, -0.25) is 0 Å². The number of hydrogen-bond acceptors (Lipinski definition) is 3. The summed E-state index contributed by atoms with van der Waals surface area (Å²) in [7, 11) is 0. The zero-order chi connectivity index (χ0) is 13.1. The highest BCUT2D eigenvalue weighted by molar-refractivity contribution is 9.10. The summed E-state index contributed by atoms with van der Waals surface area (Å²) in [6.45, 7) is 6.92. The molecule has 1 N–H and O–H groups in total. The maximum Gasteiger partial charge on any atom is 0.208 e. The van der Waals surface area contributed by atoms with Crippen LogP contribution in [-0.4, -0.2) is 11.0 Å². The molecule has 1 aromatic heterocycles. The van der Waals surface area contributed by atoms with Gasteiger partial charge in [0.2, 0.25) is 5.89 Å². The van der Waals surface area contributed by atoms with Crippen LogP contribution in [0.1, 0.15) is 25.3 Å². The monoisotopic (exact) mass is 308 g/mol. The quantitative estimate of drug-likeness (QED) is 0.930. The lowest BCUT2D eigenvalue weighted by atomic mass is 10.1. The molecule has 1 aromatic carbocycles. The number of halogens is 1. The SMILES string of the molecule is Cc1cc(Br)cc(-c2cnc(CNC(C)C)o2)c1. The molecule has 0 saturated heterocycles. The second-order valence-electron chi connectivity index (χ2n) is 4.67. The lowest BCUT2D eigenvalue weighted by Crippen LogP contribution is -2.21. The van der Waals surface area contributed by atoms with Crippen LogP contribution in [0.5, 0.6) is 0 Å². The summed E-state index contributed by atoms with van der Waals surface area (Å²) >= 11 is 3.49. The molecule has 0 aliphatic rings. The van der Waals surface area contributed by atoms with Crippen molar-refractivity contribution < 1.29 is 4.42 Å². The lowest BCUT2D eigenvalue weighted by molar-refractivity contribution is 0.459. The molecule has 2 aromatic rings. The molecule has 0 unspecified atom stereocenters. The Morgan fingerprint density at radius 3 is 2.78 bits per heavy atom. The van der Waals surface area contributed by atoms with E-state index in [1.807, 2.05) is 6.07 Å². The van der Waals surface area contributed by atoms with Crippen LogP contribution in [0, 0.1) is 6.92 Å². The van der Waals surface area contributed by atoms with E-state index >= 15 is 0 Å². The fourth-order valence-electron chi connectivity index (χ4n) is 1.70. The highest BCUT2D eigenvalue weighted by Gasteiger charge is 2.07. The molecule has 4 heteroatoms. The Labute approximate surface area is 116 Å². The van der Waals surface area contributed by atoms with Crippen molar-refractivity contribution in [3.63, 3.8) is 0 Å². The van der Waals surface area contributed by atoms with E-state index in [0.717, 1.165) is 21.7 Å². The van der Waals surface area contributed by atoms with E-state index in [2.05, 4.69) is 59.1 Å². The molecule has 2 rings (SSSR count). The van der Waals surface area contributed by atoms with Crippen molar-refractivity contribution in [2.75, 3.05) is 0 Å². The minimum absolute atomic E-state index is 0.425. The van der Waals surface area contributed by atoms with Gasteiger partial charge in [0.05, 0.1) is 12.7 Å². The van der Waals surface area contributed by atoms with Crippen molar-refractivity contribution in [3.05, 3.63) is 40.3 Å². The first-order valence-corrected chi connectivity index (χ1v) is 6.79. The summed E-state index contributed by atoms with van der Waals surface area (Å²) in [5.74, 6) is 1.52. The van der Waals surface area contributed by atoms with Crippen molar-refractivity contribution in [1.29, 1.82) is 0 Å². The van der Waals surface area contributed by atoms with Gasteiger partial charge in [-0.2, -0.15) is 0 Å². The summed E-state index contributed by atoms with van der Waals surface area (Å²) in [4.78, 5) is 4.28. The third-order valence-electron chi connectivity index (χ3n) is 2.54. The molecule has 0 fully saturated rings. The van der Waals surface area contributed by atoms with Gasteiger partial charge < -0.3 is 9.73 Å². The third-order valence-corrected chi connectivity index (χ3v) is 3.00. The molecule has 0 aliphatic carbocycles. The van der Waals surface area contributed by atoms with Gasteiger partial charge in [0, 0.05) is 16.1 Å². The number of benzene rings is 1. The van der Waals surface area contributed by atoms with Crippen LogP contribution in [0.3, 0.4) is 0 Å². The Kier molecular flexibility index (Phi) is 4.19. The van der Waals surface area contributed by atoms with E-state index < -0.39 is 0 Å². The summed E-state index contributed by atoms with van der Waals surface area (Å²) < 4.78 is 6.79. The number of hydrogen-bond donors (Lipinski definition) is 1. The highest BCUT2D eigenvalue weighted by atomic mass is 79.9.